The van der Waals surface area contributed by atoms with E-state index in [0.29, 0.717) is 12.6 Å². The second kappa shape index (κ2) is 6.00. The lowest BCUT2D eigenvalue weighted by atomic mass is 10.1. The van der Waals surface area contributed by atoms with Crippen LogP contribution in [0.4, 0.5) is 5.69 Å². The number of rotatable bonds is 4. The Morgan fingerprint density at radius 2 is 2.00 bits per heavy atom. The number of nitrogens with one attached hydrogen (secondary N) is 1. The minimum Gasteiger partial charge on any atom is -0.399 e. The summed E-state index contributed by atoms with van der Waals surface area (Å²) in [6, 6.07) is 8.13. The molecule has 1 aromatic rings. The van der Waals surface area contributed by atoms with Crippen LogP contribution in [0.1, 0.15) is 18.4 Å². The summed E-state index contributed by atoms with van der Waals surface area (Å²) in [4.78, 5) is 0. The Kier molecular flexibility index (Phi) is 4.36. The topological polar surface area (TPSA) is 61.5 Å². The van der Waals surface area contributed by atoms with E-state index in [-0.39, 0.29) is 0 Å². The van der Waals surface area contributed by atoms with Crippen molar-refractivity contribution >= 4 is 5.69 Å². The molecular weight excluding hydrogens is 214 g/mol. The fourth-order valence-corrected chi connectivity index (χ4v) is 2.28. The molecule has 0 aliphatic carbocycles. The number of hydroxylamine groups is 2. The molecule has 4 nitrogen and oxygen atoms in total. The van der Waals surface area contributed by atoms with E-state index in [1.165, 1.54) is 5.06 Å². The summed E-state index contributed by atoms with van der Waals surface area (Å²) in [5.74, 6) is 0. The molecule has 0 amide bonds. The van der Waals surface area contributed by atoms with Gasteiger partial charge in [0, 0.05) is 18.3 Å². The van der Waals surface area contributed by atoms with Gasteiger partial charge >= 0.3 is 0 Å². The summed E-state index contributed by atoms with van der Waals surface area (Å²) in [6.07, 6.45) is 2.83. The zero-order chi connectivity index (χ0) is 12.1. The predicted molar refractivity (Wildman–Crippen MR) is 68.9 cm³/mol. The fraction of sp³-hybridized carbons (Fsp3) is 0.538. The first-order valence-corrected chi connectivity index (χ1v) is 6.27. The van der Waals surface area contributed by atoms with Crippen LogP contribution in [0.5, 0.6) is 0 Å². The normalized spacial score (nSPS) is 17.5. The van der Waals surface area contributed by atoms with Gasteiger partial charge in [-0.05, 0) is 44.0 Å². The maximum absolute atomic E-state index is 9.99. The van der Waals surface area contributed by atoms with Gasteiger partial charge < -0.3 is 16.3 Å². The fourth-order valence-electron chi connectivity index (χ4n) is 2.28. The van der Waals surface area contributed by atoms with E-state index in [0.717, 1.165) is 43.6 Å². The molecule has 2 rings (SSSR count). The highest BCUT2D eigenvalue weighted by atomic mass is 16.5. The summed E-state index contributed by atoms with van der Waals surface area (Å²) in [6.45, 7) is 2.64. The molecule has 4 heteroatoms. The number of nitrogens with zero attached hydrogens (tertiary/aromatic N) is 1. The number of piperidine rings is 1. The minimum atomic E-state index is 0.293. The predicted octanol–water partition coefficient (Wildman–Crippen LogP) is 1.25. The monoisotopic (exact) mass is 235 g/mol. The molecule has 1 aromatic carbocycles. The van der Waals surface area contributed by atoms with Gasteiger partial charge in [0.05, 0.1) is 0 Å². The molecular formula is C13H21N3O. The van der Waals surface area contributed by atoms with Crippen molar-refractivity contribution in [3.63, 3.8) is 0 Å². The van der Waals surface area contributed by atoms with Crippen LogP contribution < -0.4 is 11.1 Å². The Balaban J connectivity index is 1.83. The summed E-state index contributed by atoms with van der Waals surface area (Å²) < 4.78 is 0. The van der Waals surface area contributed by atoms with Gasteiger partial charge in [0.2, 0.25) is 0 Å². The molecule has 0 spiro atoms. The van der Waals surface area contributed by atoms with Gasteiger partial charge in [0.15, 0.2) is 0 Å². The Hall–Kier alpha value is -1.10. The summed E-state index contributed by atoms with van der Waals surface area (Å²) in [7, 11) is 0. The second-order valence-electron chi connectivity index (χ2n) is 4.59. The van der Waals surface area contributed by atoms with E-state index in [1.54, 1.807) is 0 Å². The van der Waals surface area contributed by atoms with E-state index < -0.39 is 0 Å². The number of hydrogen-bond acceptors (Lipinski definition) is 4. The molecule has 0 saturated carbocycles. The van der Waals surface area contributed by atoms with Crippen molar-refractivity contribution in [1.29, 1.82) is 0 Å². The first-order valence-electron chi connectivity index (χ1n) is 6.27. The summed E-state index contributed by atoms with van der Waals surface area (Å²) in [5.41, 5.74) is 7.80. The lowest BCUT2D eigenvalue weighted by Crippen LogP contribution is -2.42. The van der Waals surface area contributed by atoms with E-state index in [4.69, 9.17) is 5.73 Å². The molecule has 0 aromatic heterocycles. The first kappa shape index (κ1) is 12.4. The maximum atomic E-state index is 9.99. The third-order valence-electron chi connectivity index (χ3n) is 3.40. The van der Waals surface area contributed by atoms with Crippen LogP contribution in [0.15, 0.2) is 24.3 Å². The molecule has 0 bridgehead atoms. The molecule has 4 N–H and O–H groups in total. The highest BCUT2D eigenvalue weighted by Crippen LogP contribution is 2.14. The number of nitrogens with two attached hydrogens (primary N) is 1. The lowest BCUT2D eigenvalue weighted by Gasteiger charge is -2.29. The molecule has 0 atom stereocenters. The van der Waals surface area contributed by atoms with Gasteiger partial charge in [-0.15, -0.1) is 0 Å². The van der Waals surface area contributed by atoms with Gasteiger partial charge in [-0.25, -0.2) is 0 Å². The highest BCUT2D eigenvalue weighted by Gasteiger charge is 2.19. The largest absolute Gasteiger partial charge is 0.399 e. The number of nitrogen functional groups attached to an aromatic ring is 1. The van der Waals surface area contributed by atoms with Crippen LogP contribution in [0.3, 0.4) is 0 Å². The van der Waals surface area contributed by atoms with Gasteiger partial charge in [0.1, 0.15) is 0 Å². The second-order valence-corrected chi connectivity index (χ2v) is 4.59. The van der Waals surface area contributed by atoms with Crippen molar-refractivity contribution in [2.75, 3.05) is 25.4 Å². The van der Waals surface area contributed by atoms with Crippen molar-refractivity contribution < 1.29 is 5.21 Å². The maximum Gasteiger partial charge on any atom is 0.0374 e. The van der Waals surface area contributed by atoms with E-state index in [9.17, 15) is 5.21 Å². The van der Waals surface area contributed by atoms with Gasteiger partial charge in [-0.1, -0.05) is 18.2 Å². The van der Waals surface area contributed by atoms with Gasteiger partial charge in [0.25, 0.3) is 0 Å². The van der Waals surface area contributed by atoms with E-state index in [1.807, 2.05) is 24.3 Å². The van der Waals surface area contributed by atoms with Gasteiger partial charge in [-0.3, -0.25) is 0 Å². The Morgan fingerprint density at radius 3 is 2.71 bits per heavy atom. The van der Waals surface area contributed by atoms with Crippen molar-refractivity contribution in [3.8, 4) is 0 Å². The lowest BCUT2D eigenvalue weighted by molar-refractivity contribution is -0.132. The van der Waals surface area contributed by atoms with Crippen LogP contribution in [0, 0.1) is 0 Å². The SMILES string of the molecule is Nc1ccccc1CCN(O)C1CCNCC1. The molecule has 94 valence electrons. The average Bonchev–Trinajstić information content (AvgIpc) is 2.38. The van der Waals surface area contributed by atoms with Crippen molar-refractivity contribution in [2.45, 2.75) is 25.3 Å². The number of para-hydroxylation sites is 1. The molecule has 17 heavy (non-hydrogen) atoms. The smallest absolute Gasteiger partial charge is 0.0374 e. The molecule has 0 radical (unpaired) electrons. The summed E-state index contributed by atoms with van der Waals surface area (Å²) in [5, 5.41) is 14.8. The highest BCUT2D eigenvalue weighted by molar-refractivity contribution is 5.46. The molecule has 1 saturated heterocycles. The average molecular weight is 235 g/mol. The number of hydrogen-bond donors (Lipinski definition) is 3. The first-order chi connectivity index (χ1) is 8.27. The number of anilines is 1. The summed E-state index contributed by atoms with van der Waals surface area (Å²) >= 11 is 0. The molecule has 1 fully saturated rings. The zero-order valence-electron chi connectivity index (χ0n) is 10.1. The Morgan fingerprint density at radius 1 is 1.29 bits per heavy atom. The molecule has 1 aliphatic heterocycles. The Labute approximate surface area is 102 Å². The van der Waals surface area contributed by atoms with Crippen LogP contribution in [0.25, 0.3) is 0 Å². The third kappa shape index (κ3) is 3.43. The van der Waals surface area contributed by atoms with Crippen LogP contribution in [0.2, 0.25) is 0 Å². The Bertz CT molecular complexity index is 350. The minimum absolute atomic E-state index is 0.293. The van der Waals surface area contributed by atoms with Crippen molar-refractivity contribution in [1.82, 2.24) is 10.4 Å². The molecule has 1 aliphatic rings. The zero-order valence-corrected chi connectivity index (χ0v) is 10.1. The van der Waals surface area contributed by atoms with Crippen molar-refractivity contribution in [2.24, 2.45) is 0 Å². The molecule has 0 unspecified atom stereocenters. The van der Waals surface area contributed by atoms with E-state index >= 15 is 0 Å². The van der Waals surface area contributed by atoms with Crippen LogP contribution in [-0.4, -0.2) is 35.9 Å². The third-order valence-corrected chi connectivity index (χ3v) is 3.40. The van der Waals surface area contributed by atoms with Crippen LogP contribution >= 0.6 is 0 Å². The quantitative estimate of drug-likeness (QED) is 0.543. The van der Waals surface area contributed by atoms with Gasteiger partial charge in [-0.2, -0.15) is 5.06 Å². The molecule has 1 heterocycles. The standard InChI is InChI=1S/C13H21N3O/c14-13-4-2-1-3-11(13)7-10-16(17)12-5-8-15-9-6-12/h1-4,12,15,17H,5-10,14H2. The van der Waals surface area contributed by atoms with Crippen LogP contribution in [-0.2, 0) is 6.42 Å². The number of benzene rings is 1. The van der Waals surface area contributed by atoms with E-state index in [2.05, 4.69) is 5.32 Å². The van der Waals surface area contributed by atoms with Crippen molar-refractivity contribution in [3.05, 3.63) is 29.8 Å².